The van der Waals surface area contributed by atoms with E-state index in [4.69, 9.17) is 11.6 Å². The lowest BCUT2D eigenvalue weighted by molar-refractivity contribution is 0.766. The molecule has 2 rings (SSSR count). The first-order valence-electron chi connectivity index (χ1n) is 5.42. The highest BCUT2D eigenvalue weighted by molar-refractivity contribution is 6.30. The van der Waals surface area contributed by atoms with Gasteiger partial charge in [-0.05, 0) is 36.8 Å². The molecule has 1 aromatic carbocycles. The summed E-state index contributed by atoms with van der Waals surface area (Å²) < 4.78 is 2.16. The molecule has 16 heavy (non-hydrogen) atoms. The number of anilines is 1. The van der Waals surface area contributed by atoms with Crippen molar-refractivity contribution in [1.29, 1.82) is 0 Å². The topological polar surface area (TPSA) is 17.0 Å². The lowest BCUT2D eigenvalue weighted by atomic mass is 10.3. The Labute approximate surface area is 101 Å². The summed E-state index contributed by atoms with van der Waals surface area (Å²) in [5, 5.41) is 4.10. The number of hydrogen-bond acceptors (Lipinski definition) is 1. The van der Waals surface area contributed by atoms with Crippen molar-refractivity contribution < 1.29 is 0 Å². The van der Waals surface area contributed by atoms with E-state index in [2.05, 4.69) is 35.3 Å². The van der Waals surface area contributed by atoms with E-state index in [1.54, 1.807) is 0 Å². The lowest BCUT2D eigenvalue weighted by Crippen LogP contribution is -1.98. The summed E-state index contributed by atoms with van der Waals surface area (Å²) in [5.74, 6) is 0. The van der Waals surface area contributed by atoms with Crippen LogP contribution in [0.3, 0.4) is 0 Å². The van der Waals surface area contributed by atoms with Crippen LogP contribution in [0.4, 0.5) is 5.69 Å². The highest BCUT2D eigenvalue weighted by Crippen LogP contribution is 2.15. The Bertz CT molecular complexity index is 462. The largest absolute Gasteiger partial charge is 0.381 e. The van der Waals surface area contributed by atoms with E-state index in [0.29, 0.717) is 0 Å². The van der Waals surface area contributed by atoms with Gasteiger partial charge in [0.1, 0.15) is 0 Å². The molecule has 0 saturated heterocycles. The fraction of sp³-hybridized carbons (Fsp3) is 0.231. The smallest absolute Gasteiger partial charge is 0.0426 e. The van der Waals surface area contributed by atoms with E-state index in [9.17, 15) is 0 Å². The minimum Gasteiger partial charge on any atom is -0.381 e. The molecule has 1 aromatic heterocycles. The molecule has 0 fully saturated rings. The molecule has 0 radical (unpaired) electrons. The summed E-state index contributed by atoms with van der Waals surface area (Å²) in [7, 11) is 0. The van der Waals surface area contributed by atoms with Crippen molar-refractivity contribution in [3.8, 4) is 0 Å². The van der Waals surface area contributed by atoms with E-state index in [0.717, 1.165) is 23.8 Å². The fourth-order valence-corrected chi connectivity index (χ4v) is 1.78. The van der Waals surface area contributed by atoms with Gasteiger partial charge in [0.05, 0.1) is 0 Å². The van der Waals surface area contributed by atoms with Crippen molar-refractivity contribution in [2.45, 2.75) is 20.0 Å². The highest BCUT2D eigenvalue weighted by atomic mass is 35.5. The summed E-state index contributed by atoms with van der Waals surface area (Å²) in [6.45, 7) is 3.97. The van der Waals surface area contributed by atoms with Crippen LogP contribution < -0.4 is 5.32 Å². The molecule has 0 amide bonds. The zero-order valence-corrected chi connectivity index (χ0v) is 10.0. The normalized spacial score (nSPS) is 10.4. The van der Waals surface area contributed by atoms with Crippen molar-refractivity contribution in [3.05, 3.63) is 53.3 Å². The Morgan fingerprint density at radius 2 is 2.19 bits per heavy atom. The number of nitrogens with one attached hydrogen (secondary N) is 1. The van der Waals surface area contributed by atoms with E-state index < -0.39 is 0 Å². The fourth-order valence-electron chi connectivity index (χ4n) is 1.59. The number of aromatic nitrogens is 1. The van der Waals surface area contributed by atoms with Gasteiger partial charge in [-0.15, -0.1) is 0 Å². The number of aryl methyl sites for hydroxylation is 1. The standard InChI is InChI=1S/C13H15ClN2/c1-2-16-7-6-11(10-16)9-15-13-5-3-4-12(14)8-13/h3-8,10,15H,2,9H2,1H3. The molecular weight excluding hydrogens is 220 g/mol. The minimum absolute atomic E-state index is 0.760. The van der Waals surface area contributed by atoms with Crippen molar-refractivity contribution >= 4 is 17.3 Å². The van der Waals surface area contributed by atoms with Gasteiger partial charge >= 0.3 is 0 Å². The van der Waals surface area contributed by atoms with Crippen molar-refractivity contribution in [2.75, 3.05) is 5.32 Å². The highest BCUT2D eigenvalue weighted by Gasteiger charge is 1.96. The van der Waals surface area contributed by atoms with Gasteiger partial charge in [0.15, 0.2) is 0 Å². The van der Waals surface area contributed by atoms with Crippen LogP contribution in [0.15, 0.2) is 42.7 Å². The van der Waals surface area contributed by atoms with Crippen LogP contribution in [-0.4, -0.2) is 4.57 Å². The molecule has 3 heteroatoms. The molecule has 0 bridgehead atoms. The van der Waals surface area contributed by atoms with Crippen molar-refractivity contribution in [2.24, 2.45) is 0 Å². The first-order valence-corrected chi connectivity index (χ1v) is 5.80. The first kappa shape index (κ1) is 11.1. The van der Waals surface area contributed by atoms with Crippen molar-refractivity contribution in [1.82, 2.24) is 4.57 Å². The van der Waals surface area contributed by atoms with E-state index >= 15 is 0 Å². The molecule has 84 valence electrons. The summed E-state index contributed by atoms with van der Waals surface area (Å²) >= 11 is 5.91. The molecule has 2 nitrogen and oxygen atoms in total. The maximum atomic E-state index is 5.91. The van der Waals surface area contributed by atoms with Gasteiger partial charge in [-0.25, -0.2) is 0 Å². The Balaban J connectivity index is 1.96. The van der Waals surface area contributed by atoms with Crippen LogP contribution in [0.1, 0.15) is 12.5 Å². The number of nitrogens with zero attached hydrogens (tertiary/aromatic N) is 1. The minimum atomic E-state index is 0.760. The number of hydrogen-bond donors (Lipinski definition) is 1. The zero-order valence-electron chi connectivity index (χ0n) is 9.28. The Morgan fingerprint density at radius 3 is 2.88 bits per heavy atom. The molecule has 0 aliphatic rings. The van der Waals surface area contributed by atoms with Crippen LogP contribution >= 0.6 is 11.6 Å². The molecule has 1 N–H and O–H groups in total. The van der Waals surface area contributed by atoms with Gasteiger partial charge < -0.3 is 9.88 Å². The maximum Gasteiger partial charge on any atom is 0.0426 e. The summed E-state index contributed by atoms with van der Waals surface area (Å²) in [4.78, 5) is 0. The Hall–Kier alpha value is -1.41. The second-order valence-electron chi connectivity index (χ2n) is 3.71. The van der Waals surface area contributed by atoms with Gasteiger partial charge in [0, 0.05) is 36.2 Å². The molecule has 2 aromatic rings. The molecule has 0 spiro atoms. The monoisotopic (exact) mass is 234 g/mol. The third kappa shape index (κ3) is 2.80. The average Bonchev–Trinajstić information content (AvgIpc) is 2.74. The zero-order chi connectivity index (χ0) is 11.4. The summed E-state index contributed by atoms with van der Waals surface area (Å²) in [6, 6.07) is 9.89. The van der Waals surface area contributed by atoms with E-state index in [1.165, 1.54) is 5.56 Å². The molecule has 0 aliphatic heterocycles. The predicted octanol–water partition coefficient (Wildman–Crippen LogP) is 3.77. The van der Waals surface area contributed by atoms with Gasteiger partial charge in [-0.2, -0.15) is 0 Å². The van der Waals surface area contributed by atoms with Gasteiger partial charge in [-0.3, -0.25) is 0 Å². The second kappa shape index (κ2) is 5.08. The molecule has 0 saturated carbocycles. The van der Waals surface area contributed by atoms with Gasteiger partial charge in [0.2, 0.25) is 0 Å². The predicted molar refractivity (Wildman–Crippen MR) is 68.9 cm³/mol. The Kier molecular flexibility index (Phi) is 3.52. The van der Waals surface area contributed by atoms with Crippen LogP contribution in [-0.2, 0) is 13.1 Å². The molecular formula is C13H15ClN2. The van der Waals surface area contributed by atoms with E-state index in [1.807, 2.05) is 24.3 Å². The van der Waals surface area contributed by atoms with Crippen molar-refractivity contribution in [3.63, 3.8) is 0 Å². The second-order valence-corrected chi connectivity index (χ2v) is 4.15. The van der Waals surface area contributed by atoms with Gasteiger partial charge in [-0.1, -0.05) is 17.7 Å². The molecule has 1 heterocycles. The third-order valence-electron chi connectivity index (χ3n) is 2.50. The molecule has 0 aliphatic carbocycles. The number of halogens is 1. The summed E-state index contributed by atoms with van der Waals surface area (Å²) in [5.41, 5.74) is 2.33. The lowest BCUT2D eigenvalue weighted by Gasteiger charge is -2.05. The average molecular weight is 235 g/mol. The maximum absolute atomic E-state index is 5.91. The van der Waals surface area contributed by atoms with E-state index in [-0.39, 0.29) is 0 Å². The van der Waals surface area contributed by atoms with Gasteiger partial charge in [0.25, 0.3) is 0 Å². The van der Waals surface area contributed by atoms with Crippen LogP contribution in [0.2, 0.25) is 5.02 Å². The Morgan fingerprint density at radius 1 is 1.31 bits per heavy atom. The number of rotatable bonds is 4. The summed E-state index contributed by atoms with van der Waals surface area (Å²) in [6.07, 6.45) is 4.24. The van der Waals surface area contributed by atoms with Crippen LogP contribution in [0, 0.1) is 0 Å². The third-order valence-corrected chi connectivity index (χ3v) is 2.73. The SMILES string of the molecule is CCn1ccc(CNc2cccc(Cl)c2)c1. The quantitative estimate of drug-likeness (QED) is 0.852. The molecule has 0 unspecified atom stereocenters. The van der Waals surface area contributed by atoms with Crippen LogP contribution in [0.5, 0.6) is 0 Å². The van der Waals surface area contributed by atoms with Crippen LogP contribution in [0.25, 0.3) is 0 Å². The molecule has 0 atom stereocenters. The first-order chi connectivity index (χ1) is 7.78. The number of benzene rings is 1.